The minimum atomic E-state index is -0.0373. The Hall–Kier alpha value is -1.79. The van der Waals surface area contributed by atoms with Gasteiger partial charge in [0.1, 0.15) is 0 Å². The molecule has 1 aliphatic rings. The Labute approximate surface area is 159 Å². The van der Waals surface area contributed by atoms with E-state index in [1.807, 2.05) is 32.0 Å². The third-order valence-electron chi connectivity index (χ3n) is 4.10. The van der Waals surface area contributed by atoms with Crippen LogP contribution in [0.4, 0.5) is 11.4 Å². The molecule has 6 heteroatoms. The highest BCUT2D eigenvalue weighted by Crippen LogP contribution is 2.29. The Bertz CT molecular complexity index is 852. The predicted molar refractivity (Wildman–Crippen MR) is 106 cm³/mol. The number of aryl methyl sites for hydroxylation is 3. The first-order valence-electron chi connectivity index (χ1n) is 8.04. The average molecular weight is 419 g/mol. The summed E-state index contributed by atoms with van der Waals surface area (Å²) in [6.45, 7) is 4.09. The number of hydrogen-bond acceptors (Lipinski definition) is 3. The van der Waals surface area contributed by atoms with Gasteiger partial charge in [-0.05, 0) is 67.3 Å². The van der Waals surface area contributed by atoms with Crippen molar-refractivity contribution in [1.82, 2.24) is 0 Å². The Balaban J connectivity index is 1.62. The van der Waals surface area contributed by atoms with Crippen LogP contribution in [0.1, 0.15) is 23.1 Å². The van der Waals surface area contributed by atoms with E-state index in [9.17, 15) is 9.59 Å². The van der Waals surface area contributed by atoms with Crippen molar-refractivity contribution in [3.63, 3.8) is 0 Å². The Kier molecular flexibility index (Phi) is 5.49. The molecular weight excluding hydrogens is 400 g/mol. The van der Waals surface area contributed by atoms with Crippen LogP contribution in [-0.4, -0.2) is 17.6 Å². The van der Waals surface area contributed by atoms with Crippen LogP contribution in [0.2, 0.25) is 0 Å². The van der Waals surface area contributed by atoms with E-state index in [1.165, 1.54) is 11.8 Å². The highest BCUT2D eigenvalue weighted by molar-refractivity contribution is 9.10. The maximum Gasteiger partial charge on any atom is 0.234 e. The number of thioether (sulfide) groups is 1. The second-order valence-corrected chi connectivity index (χ2v) is 8.00. The van der Waals surface area contributed by atoms with E-state index in [1.54, 1.807) is 0 Å². The zero-order valence-corrected chi connectivity index (χ0v) is 16.5. The molecule has 1 heterocycles. The van der Waals surface area contributed by atoms with Gasteiger partial charge in [0.05, 0.1) is 5.75 Å². The smallest absolute Gasteiger partial charge is 0.234 e. The fraction of sp³-hybridized carbons (Fsp3) is 0.263. The minimum Gasteiger partial charge on any atom is -0.326 e. The molecule has 0 aliphatic carbocycles. The van der Waals surface area contributed by atoms with Crippen molar-refractivity contribution in [3.8, 4) is 0 Å². The van der Waals surface area contributed by atoms with Crippen molar-refractivity contribution in [3.05, 3.63) is 51.5 Å². The molecule has 0 fully saturated rings. The van der Waals surface area contributed by atoms with Crippen LogP contribution in [-0.2, 0) is 16.0 Å². The normalized spacial score (nSPS) is 13.2. The van der Waals surface area contributed by atoms with Crippen LogP contribution in [0, 0.1) is 13.8 Å². The van der Waals surface area contributed by atoms with Gasteiger partial charge < -0.3 is 10.6 Å². The molecule has 2 aromatic carbocycles. The number of benzene rings is 2. The number of carbonyl (C=O) groups excluding carboxylic acids is 2. The predicted octanol–water partition coefficient (Wildman–Crippen LogP) is 4.68. The molecule has 0 unspecified atom stereocenters. The van der Waals surface area contributed by atoms with Crippen molar-refractivity contribution in [2.24, 2.45) is 0 Å². The molecule has 0 atom stereocenters. The number of fused-ring (bicyclic) bond motifs is 1. The lowest BCUT2D eigenvalue weighted by molar-refractivity contribution is -0.116. The summed E-state index contributed by atoms with van der Waals surface area (Å²) in [7, 11) is 0. The highest BCUT2D eigenvalue weighted by atomic mass is 79.9. The first kappa shape index (κ1) is 18.0. The van der Waals surface area contributed by atoms with Crippen molar-refractivity contribution in [2.75, 3.05) is 16.4 Å². The van der Waals surface area contributed by atoms with Crippen LogP contribution in [0.5, 0.6) is 0 Å². The number of hydrogen-bond donors (Lipinski definition) is 2. The van der Waals surface area contributed by atoms with E-state index in [-0.39, 0.29) is 11.8 Å². The molecule has 0 aromatic heterocycles. The molecule has 3 rings (SSSR count). The van der Waals surface area contributed by atoms with E-state index >= 15 is 0 Å². The molecule has 2 aromatic rings. The molecular formula is C19H19BrN2O2S. The van der Waals surface area contributed by atoms with E-state index in [4.69, 9.17) is 0 Å². The quantitative estimate of drug-likeness (QED) is 0.708. The van der Waals surface area contributed by atoms with Gasteiger partial charge in [0.25, 0.3) is 0 Å². The number of anilines is 2. The van der Waals surface area contributed by atoms with E-state index < -0.39 is 0 Å². The Morgan fingerprint density at radius 2 is 2.00 bits per heavy atom. The van der Waals surface area contributed by atoms with Crippen molar-refractivity contribution in [1.29, 1.82) is 0 Å². The van der Waals surface area contributed by atoms with E-state index in [2.05, 4.69) is 38.7 Å². The zero-order valence-electron chi connectivity index (χ0n) is 14.1. The molecule has 0 saturated heterocycles. The number of amides is 2. The summed E-state index contributed by atoms with van der Waals surface area (Å²) in [5, 5.41) is 5.78. The monoisotopic (exact) mass is 418 g/mol. The first-order chi connectivity index (χ1) is 11.9. The van der Waals surface area contributed by atoms with Gasteiger partial charge >= 0.3 is 0 Å². The largest absolute Gasteiger partial charge is 0.326 e. The van der Waals surface area contributed by atoms with Gasteiger partial charge in [0.2, 0.25) is 11.8 Å². The summed E-state index contributed by atoms with van der Waals surface area (Å²) in [5.41, 5.74) is 4.98. The van der Waals surface area contributed by atoms with Crippen molar-refractivity contribution < 1.29 is 9.59 Å². The molecule has 130 valence electrons. The van der Waals surface area contributed by atoms with Gasteiger partial charge in [0.15, 0.2) is 0 Å². The molecule has 2 amide bonds. The lowest BCUT2D eigenvalue weighted by Gasteiger charge is -2.17. The summed E-state index contributed by atoms with van der Waals surface area (Å²) >= 11 is 5.06. The number of nitrogens with one attached hydrogen (secondary N) is 2. The number of halogens is 1. The second-order valence-electron chi connectivity index (χ2n) is 6.12. The maximum atomic E-state index is 12.3. The van der Waals surface area contributed by atoms with Crippen molar-refractivity contribution in [2.45, 2.75) is 31.6 Å². The van der Waals surface area contributed by atoms with Crippen LogP contribution >= 0.6 is 27.7 Å². The molecule has 4 nitrogen and oxygen atoms in total. The van der Waals surface area contributed by atoms with Crippen LogP contribution in [0.3, 0.4) is 0 Å². The van der Waals surface area contributed by atoms with Gasteiger partial charge in [-0.15, -0.1) is 11.8 Å². The highest BCUT2D eigenvalue weighted by Gasteiger charge is 2.15. The molecule has 1 aliphatic heterocycles. The third-order valence-corrected chi connectivity index (χ3v) is 6.11. The molecule has 0 radical (unpaired) electrons. The standard InChI is InChI=1S/C19H19BrN2O2S/c1-11-8-17(12(2)7-15(11)20)25-10-19(24)21-14-4-5-16-13(9-14)3-6-18(23)22-16/h4-5,7-9H,3,6,10H2,1-2H3,(H,21,24)(H,22,23). The van der Waals surface area contributed by atoms with Crippen LogP contribution in [0.25, 0.3) is 0 Å². The Morgan fingerprint density at radius 3 is 2.80 bits per heavy atom. The second kappa shape index (κ2) is 7.62. The fourth-order valence-corrected chi connectivity index (χ4v) is 4.07. The van der Waals surface area contributed by atoms with E-state index in [0.717, 1.165) is 37.4 Å². The summed E-state index contributed by atoms with van der Waals surface area (Å²) < 4.78 is 1.08. The molecule has 0 spiro atoms. The lowest BCUT2D eigenvalue weighted by atomic mass is 10.0. The fourth-order valence-electron chi connectivity index (χ4n) is 2.71. The lowest BCUT2D eigenvalue weighted by Crippen LogP contribution is -2.19. The number of carbonyl (C=O) groups is 2. The van der Waals surface area contributed by atoms with Gasteiger partial charge in [-0.3, -0.25) is 9.59 Å². The molecule has 25 heavy (non-hydrogen) atoms. The van der Waals surface area contributed by atoms with Gasteiger partial charge in [-0.1, -0.05) is 15.9 Å². The van der Waals surface area contributed by atoms with Crippen molar-refractivity contribution >= 4 is 50.9 Å². The summed E-state index contributed by atoms with van der Waals surface area (Å²) in [6.07, 6.45) is 1.19. The summed E-state index contributed by atoms with van der Waals surface area (Å²) in [5.74, 6) is 0.362. The molecule has 2 N–H and O–H groups in total. The SMILES string of the molecule is Cc1cc(SCC(=O)Nc2ccc3c(c2)CCC(=O)N3)c(C)cc1Br. The summed E-state index contributed by atoms with van der Waals surface area (Å²) in [4.78, 5) is 24.8. The zero-order chi connectivity index (χ0) is 18.0. The topological polar surface area (TPSA) is 58.2 Å². The van der Waals surface area contributed by atoms with Crippen LogP contribution in [0.15, 0.2) is 39.7 Å². The van der Waals surface area contributed by atoms with E-state index in [0.29, 0.717) is 18.6 Å². The molecule has 0 bridgehead atoms. The van der Waals surface area contributed by atoms with Gasteiger partial charge in [-0.25, -0.2) is 0 Å². The van der Waals surface area contributed by atoms with Gasteiger partial charge in [0, 0.05) is 27.2 Å². The van der Waals surface area contributed by atoms with Gasteiger partial charge in [-0.2, -0.15) is 0 Å². The molecule has 0 saturated carbocycles. The summed E-state index contributed by atoms with van der Waals surface area (Å²) in [6, 6.07) is 9.78. The average Bonchev–Trinajstić information content (AvgIpc) is 2.57. The minimum absolute atomic E-state index is 0.0373. The van der Waals surface area contributed by atoms with Crippen LogP contribution < -0.4 is 10.6 Å². The third kappa shape index (κ3) is 4.44. The number of rotatable bonds is 4. The Morgan fingerprint density at radius 1 is 1.20 bits per heavy atom. The maximum absolute atomic E-state index is 12.3. The first-order valence-corrected chi connectivity index (χ1v) is 9.82.